The van der Waals surface area contributed by atoms with Gasteiger partial charge in [-0.3, -0.25) is 0 Å². The Morgan fingerprint density at radius 3 is 2.50 bits per heavy atom. The third-order valence-electron chi connectivity index (χ3n) is 2.34. The summed E-state index contributed by atoms with van der Waals surface area (Å²) in [6.45, 7) is 4.31. The smallest absolute Gasteiger partial charge is 0.336 e. The van der Waals surface area contributed by atoms with Crippen molar-refractivity contribution < 1.29 is 23.5 Å². The minimum atomic E-state index is -0.837. The molecule has 0 fully saturated rings. The molecule has 0 saturated heterocycles. The summed E-state index contributed by atoms with van der Waals surface area (Å²) >= 11 is 0. The first-order chi connectivity index (χ1) is 9.49. The van der Waals surface area contributed by atoms with Gasteiger partial charge < -0.3 is 9.47 Å². The SMILES string of the molecule is CC(C)CCOC(=O)/C=C/C(=O)Oc1ccccc1F. The van der Waals surface area contributed by atoms with Crippen LogP contribution in [0, 0.1) is 11.7 Å². The summed E-state index contributed by atoms with van der Waals surface area (Å²) in [5.74, 6) is -1.87. The van der Waals surface area contributed by atoms with E-state index in [4.69, 9.17) is 9.47 Å². The topological polar surface area (TPSA) is 52.6 Å². The van der Waals surface area contributed by atoms with E-state index >= 15 is 0 Å². The van der Waals surface area contributed by atoms with Crippen LogP contribution in [0.2, 0.25) is 0 Å². The molecular weight excluding hydrogens is 263 g/mol. The fraction of sp³-hybridized carbons (Fsp3) is 0.333. The van der Waals surface area contributed by atoms with Crippen LogP contribution < -0.4 is 4.74 Å². The zero-order valence-corrected chi connectivity index (χ0v) is 11.5. The van der Waals surface area contributed by atoms with Crippen molar-refractivity contribution in [3.05, 3.63) is 42.2 Å². The van der Waals surface area contributed by atoms with E-state index in [1.165, 1.54) is 24.3 Å². The molecule has 0 unspecified atom stereocenters. The Bertz CT molecular complexity index is 494. The fourth-order valence-corrected chi connectivity index (χ4v) is 1.25. The average Bonchev–Trinajstić information content (AvgIpc) is 2.39. The lowest BCUT2D eigenvalue weighted by Gasteiger charge is -2.04. The van der Waals surface area contributed by atoms with Crippen molar-refractivity contribution in [1.29, 1.82) is 0 Å². The third kappa shape index (κ3) is 6.13. The molecule has 0 aromatic heterocycles. The molecule has 1 rings (SSSR count). The quantitative estimate of drug-likeness (QED) is 0.457. The first kappa shape index (κ1) is 15.9. The number of hydrogen-bond donors (Lipinski definition) is 0. The Morgan fingerprint density at radius 1 is 1.20 bits per heavy atom. The number of halogens is 1. The number of carbonyl (C=O) groups excluding carboxylic acids is 2. The summed E-state index contributed by atoms with van der Waals surface area (Å²) < 4.78 is 22.8. The van der Waals surface area contributed by atoms with Gasteiger partial charge in [-0.1, -0.05) is 26.0 Å². The fourth-order valence-electron chi connectivity index (χ4n) is 1.25. The van der Waals surface area contributed by atoms with Crippen molar-refractivity contribution >= 4 is 11.9 Å². The summed E-state index contributed by atoms with van der Waals surface area (Å²) in [4.78, 5) is 22.6. The Morgan fingerprint density at radius 2 is 1.85 bits per heavy atom. The van der Waals surface area contributed by atoms with Crippen LogP contribution in [0.1, 0.15) is 20.3 Å². The van der Waals surface area contributed by atoms with Gasteiger partial charge in [0.1, 0.15) is 0 Å². The molecule has 0 aliphatic rings. The van der Waals surface area contributed by atoms with E-state index in [2.05, 4.69) is 0 Å². The van der Waals surface area contributed by atoms with Crippen molar-refractivity contribution in [3.8, 4) is 5.75 Å². The second-order valence-electron chi connectivity index (χ2n) is 4.53. The van der Waals surface area contributed by atoms with Crippen molar-refractivity contribution in [2.45, 2.75) is 20.3 Å². The van der Waals surface area contributed by atoms with Crippen molar-refractivity contribution in [3.63, 3.8) is 0 Å². The summed E-state index contributed by atoms with van der Waals surface area (Å²) in [5.41, 5.74) is 0. The summed E-state index contributed by atoms with van der Waals surface area (Å²) in [7, 11) is 0. The van der Waals surface area contributed by atoms with Crippen molar-refractivity contribution in [2.75, 3.05) is 6.61 Å². The minimum Gasteiger partial charge on any atom is -0.463 e. The number of hydrogen-bond acceptors (Lipinski definition) is 4. The Labute approximate surface area is 117 Å². The van der Waals surface area contributed by atoms with Gasteiger partial charge in [0.05, 0.1) is 6.61 Å². The maximum Gasteiger partial charge on any atom is 0.336 e. The van der Waals surface area contributed by atoms with Crippen molar-refractivity contribution in [2.24, 2.45) is 5.92 Å². The lowest BCUT2D eigenvalue weighted by molar-refractivity contribution is -0.138. The first-order valence-corrected chi connectivity index (χ1v) is 6.30. The Hall–Kier alpha value is -2.17. The molecule has 0 aliphatic carbocycles. The van der Waals surface area contributed by atoms with Gasteiger partial charge in [0.2, 0.25) is 0 Å². The third-order valence-corrected chi connectivity index (χ3v) is 2.34. The zero-order chi connectivity index (χ0) is 15.0. The van der Waals surface area contributed by atoms with E-state index in [-0.39, 0.29) is 5.75 Å². The van der Waals surface area contributed by atoms with Crippen molar-refractivity contribution in [1.82, 2.24) is 0 Å². The molecule has 0 radical (unpaired) electrons. The van der Waals surface area contributed by atoms with Gasteiger partial charge in [-0.2, -0.15) is 0 Å². The molecule has 0 atom stereocenters. The van der Waals surface area contributed by atoms with E-state index in [1.54, 1.807) is 0 Å². The molecule has 1 aromatic carbocycles. The van der Waals surface area contributed by atoms with Crippen LogP contribution in [0.15, 0.2) is 36.4 Å². The van der Waals surface area contributed by atoms with E-state index in [0.717, 1.165) is 18.6 Å². The van der Waals surface area contributed by atoms with Gasteiger partial charge in [-0.05, 0) is 24.5 Å². The highest BCUT2D eigenvalue weighted by Crippen LogP contribution is 2.15. The molecular formula is C15H17FO4. The van der Waals surface area contributed by atoms with E-state index in [0.29, 0.717) is 12.5 Å². The van der Waals surface area contributed by atoms with Crippen LogP contribution in [0.25, 0.3) is 0 Å². The molecule has 5 heteroatoms. The van der Waals surface area contributed by atoms with Crippen LogP contribution >= 0.6 is 0 Å². The highest BCUT2D eigenvalue weighted by Gasteiger charge is 2.06. The highest BCUT2D eigenvalue weighted by atomic mass is 19.1. The number of rotatable bonds is 6. The molecule has 0 N–H and O–H groups in total. The molecule has 20 heavy (non-hydrogen) atoms. The molecule has 0 heterocycles. The lowest BCUT2D eigenvalue weighted by Crippen LogP contribution is -2.08. The second-order valence-corrected chi connectivity index (χ2v) is 4.53. The van der Waals surface area contributed by atoms with Gasteiger partial charge in [0, 0.05) is 12.2 Å². The van der Waals surface area contributed by atoms with E-state index < -0.39 is 17.8 Å². The molecule has 0 amide bonds. The standard InChI is InChI=1S/C15H17FO4/c1-11(2)9-10-19-14(17)7-8-15(18)20-13-6-4-3-5-12(13)16/h3-8,11H,9-10H2,1-2H3/b8-7+. The maximum absolute atomic E-state index is 13.2. The second kappa shape index (κ2) is 8.09. The number of esters is 2. The van der Waals surface area contributed by atoms with Gasteiger partial charge in [-0.25, -0.2) is 14.0 Å². The maximum atomic E-state index is 13.2. The van der Waals surface area contributed by atoms with Crippen LogP contribution in [0.3, 0.4) is 0 Å². The van der Waals surface area contributed by atoms with Gasteiger partial charge >= 0.3 is 11.9 Å². The molecule has 4 nitrogen and oxygen atoms in total. The van der Waals surface area contributed by atoms with Crippen LogP contribution in [0.5, 0.6) is 5.75 Å². The molecule has 108 valence electrons. The average molecular weight is 280 g/mol. The van der Waals surface area contributed by atoms with Gasteiger partial charge in [-0.15, -0.1) is 0 Å². The van der Waals surface area contributed by atoms with Crippen LogP contribution in [-0.4, -0.2) is 18.5 Å². The van der Waals surface area contributed by atoms with Crippen LogP contribution in [-0.2, 0) is 14.3 Å². The van der Waals surface area contributed by atoms with Crippen LogP contribution in [0.4, 0.5) is 4.39 Å². The van der Waals surface area contributed by atoms with Gasteiger partial charge in [0.15, 0.2) is 11.6 Å². The Kier molecular flexibility index (Phi) is 6.43. The van der Waals surface area contributed by atoms with E-state index in [1.807, 2.05) is 13.8 Å². The molecule has 0 bridgehead atoms. The van der Waals surface area contributed by atoms with Gasteiger partial charge in [0.25, 0.3) is 0 Å². The molecule has 0 spiro atoms. The largest absolute Gasteiger partial charge is 0.463 e. The normalized spacial score (nSPS) is 10.8. The molecule has 0 aliphatic heterocycles. The number of para-hydroxylation sites is 1. The monoisotopic (exact) mass is 280 g/mol. The highest BCUT2D eigenvalue weighted by molar-refractivity contribution is 5.92. The number of benzene rings is 1. The predicted molar refractivity (Wildman–Crippen MR) is 71.6 cm³/mol. The first-order valence-electron chi connectivity index (χ1n) is 6.30. The molecule has 1 aromatic rings. The Balaban J connectivity index is 2.40. The summed E-state index contributed by atoms with van der Waals surface area (Å²) in [6.07, 6.45) is 2.62. The molecule has 0 saturated carbocycles. The lowest BCUT2D eigenvalue weighted by atomic mass is 10.1. The predicted octanol–water partition coefficient (Wildman–Crippen LogP) is 2.88. The summed E-state index contributed by atoms with van der Waals surface area (Å²) in [6, 6.07) is 5.51. The minimum absolute atomic E-state index is 0.185. The zero-order valence-electron chi connectivity index (χ0n) is 11.5. The number of ether oxygens (including phenoxy) is 2. The van der Waals surface area contributed by atoms with E-state index in [9.17, 15) is 14.0 Å². The summed E-state index contributed by atoms with van der Waals surface area (Å²) in [5, 5.41) is 0. The number of carbonyl (C=O) groups is 2.